The number of hydrogen-bond donors (Lipinski definition) is 0. The molecular weight excluding hydrogens is 366 g/mol. The predicted octanol–water partition coefficient (Wildman–Crippen LogP) is 1.97. The molecule has 2 saturated heterocycles. The van der Waals surface area contributed by atoms with E-state index in [0.29, 0.717) is 11.3 Å². The van der Waals surface area contributed by atoms with Gasteiger partial charge in [0.2, 0.25) is 5.91 Å². The molecule has 156 valence electrons. The van der Waals surface area contributed by atoms with Crippen molar-refractivity contribution in [2.24, 2.45) is 5.92 Å². The lowest BCUT2D eigenvalue weighted by Crippen LogP contribution is -2.48. The second-order valence-electron chi connectivity index (χ2n) is 8.66. The largest absolute Gasteiger partial charge is 0.369 e. The second kappa shape index (κ2) is 8.14. The summed E-state index contributed by atoms with van der Waals surface area (Å²) in [5, 5.41) is 0.680. The van der Waals surface area contributed by atoms with E-state index in [1.807, 2.05) is 36.9 Å². The fourth-order valence-electron chi connectivity index (χ4n) is 4.51. The number of fused-ring (bicyclic) bond motifs is 1. The number of aromatic nitrogens is 2. The molecular formula is C22H31N5O2. The standard InChI is InChI=1S/C22H31N5O2/c1-16(2)27-15-23-21-12-19(4-5-20(21)22(27)29)25-10-8-24(9-11-25)13-18-6-7-26(14-18)17(3)28/h4-5,12,15-16,18H,6-11,13-14H2,1-3H3. The molecule has 4 rings (SSSR count). The first kappa shape index (κ1) is 19.9. The van der Waals surface area contributed by atoms with Crippen molar-refractivity contribution in [3.05, 3.63) is 34.9 Å². The van der Waals surface area contributed by atoms with E-state index in [0.717, 1.165) is 63.4 Å². The Balaban J connectivity index is 1.38. The van der Waals surface area contributed by atoms with Crippen LogP contribution in [0, 0.1) is 5.92 Å². The van der Waals surface area contributed by atoms with E-state index in [1.54, 1.807) is 17.8 Å². The average Bonchev–Trinajstić information content (AvgIpc) is 3.17. The molecule has 0 aliphatic carbocycles. The van der Waals surface area contributed by atoms with Gasteiger partial charge in [-0.25, -0.2) is 4.98 Å². The lowest BCUT2D eigenvalue weighted by molar-refractivity contribution is -0.127. The van der Waals surface area contributed by atoms with Crippen molar-refractivity contribution in [1.29, 1.82) is 0 Å². The summed E-state index contributed by atoms with van der Waals surface area (Å²) in [6.45, 7) is 12.5. The minimum Gasteiger partial charge on any atom is -0.369 e. The number of likely N-dealkylation sites (tertiary alicyclic amines) is 1. The van der Waals surface area contributed by atoms with Crippen LogP contribution < -0.4 is 10.5 Å². The predicted molar refractivity (Wildman–Crippen MR) is 115 cm³/mol. The zero-order valence-corrected chi connectivity index (χ0v) is 17.7. The SMILES string of the molecule is CC(=O)N1CCC(CN2CCN(c3ccc4c(=O)n(C(C)C)cnc4c3)CC2)C1. The fraction of sp³-hybridized carbons (Fsp3) is 0.591. The molecule has 29 heavy (non-hydrogen) atoms. The van der Waals surface area contributed by atoms with Crippen molar-refractivity contribution >= 4 is 22.5 Å². The summed E-state index contributed by atoms with van der Waals surface area (Å²) < 4.78 is 1.68. The van der Waals surface area contributed by atoms with Crippen LogP contribution in [-0.4, -0.2) is 71.1 Å². The lowest BCUT2D eigenvalue weighted by Gasteiger charge is -2.37. The van der Waals surface area contributed by atoms with Gasteiger partial charge in [0.15, 0.2) is 0 Å². The van der Waals surface area contributed by atoms with Gasteiger partial charge in [0.05, 0.1) is 17.2 Å². The number of rotatable bonds is 4. The maximum absolute atomic E-state index is 12.6. The number of carbonyl (C=O) groups is 1. The van der Waals surface area contributed by atoms with Crippen molar-refractivity contribution in [2.75, 3.05) is 50.7 Å². The molecule has 1 unspecified atom stereocenters. The van der Waals surface area contributed by atoms with Gasteiger partial charge in [0.1, 0.15) is 0 Å². The van der Waals surface area contributed by atoms with Crippen LogP contribution in [0.1, 0.15) is 33.2 Å². The van der Waals surface area contributed by atoms with Gasteiger partial charge >= 0.3 is 0 Å². The van der Waals surface area contributed by atoms with Gasteiger partial charge in [-0.2, -0.15) is 0 Å². The number of hydrogen-bond acceptors (Lipinski definition) is 5. The van der Waals surface area contributed by atoms with Gasteiger partial charge in [-0.05, 0) is 44.4 Å². The molecule has 0 bridgehead atoms. The molecule has 7 nitrogen and oxygen atoms in total. The van der Waals surface area contributed by atoms with Gasteiger partial charge in [0, 0.05) is 64.5 Å². The Morgan fingerprint density at radius 2 is 1.93 bits per heavy atom. The number of benzene rings is 1. The van der Waals surface area contributed by atoms with Crippen LogP contribution in [0.5, 0.6) is 0 Å². The van der Waals surface area contributed by atoms with Crippen molar-refractivity contribution in [3.63, 3.8) is 0 Å². The normalized spacial score (nSPS) is 20.8. The van der Waals surface area contributed by atoms with Gasteiger partial charge in [0.25, 0.3) is 5.56 Å². The van der Waals surface area contributed by atoms with Gasteiger partial charge in [-0.1, -0.05) is 0 Å². The van der Waals surface area contributed by atoms with Crippen molar-refractivity contribution in [1.82, 2.24) is 19.4 Å². The van der Waals surface area contributed by atoms with Crippen LogP contribution in [0.25, 0.3) is 10.9 Å². The maximum atomic E-state index is 12.6. The second-order valence-corrected chi connectivity index (χ2v) is 8.66. The summed E-state index contributed by atoms with van der Waals surface area (Å²) in [6, 6.07) is 6.11. The van der Waals surface area contributed by atoms with Crippen LogP contribution in [0.2, 0.25) is 0 Å². The van der Waals surface area contributed by atoms with E-state index in [-0.39, 0.29) is 17.5 Å². The Labute approximate surface area is 171 Å². The highest BCUT2D eigenvalue weighted by atomic mass is 16.2. The minimum absolute atomic E-state index is 0.0255. The van der Waals surface area contributed by atoms with Gasteiger partial charge < -0.3 is 9.80 Å². The van der Waals surface area contributed by atoms with Gasteiger partial charge in [-0.15, -0.1) is 0 Å². The molecule has 1 atom stereocenters. The summed E-state index contributed by atoms with van der Waals surface area (Å²) >= 11 is 0. The average molecular weight is 398 g/mol. The van der Waals surface area contributed by atoms with Crippen molar-refractivity contribution in [3.8, 4) is 0 Å². The van der Waals surface area contributed by atoms with E-state index >= 15 is 0 Å². The third-order valence-electron chi connectivity index (χ3n) is 6.31. The zero-order chi connectivity index (χ0) is 20.5. The smallest absolute Gasteiger partial charge is 0.261 e. The number of carbonyl (C=O) groups excluding carboxylic acids is 1. The molecule has 0 radical (unpaired) electrons. The van der Waals surface area contributed by atoms with Gasteiger partial charge in [-0.3, -0.25) is 19.1 Å². The van der Waals surface area contributed by atoms with E-state index < -0.39 is 0 Å². The third kappa shape index (κ3) is 4.15. The van der Waals surface area contributed by atoms with E-state index in [9.17, 15) is 9.59 Å². The summed E-state index contributed by atoms with van der Waals surface area (Å²) in [7, 11) is 0. The van der Waals surface area contributed by atoms with Crippen molar-refractivity contribution in [2.45, 2.75) is 33.2 Å². The molecule has 7 heteroatoms. The zero-order valence-electron chi connectivity index (χ0n) is 17.7. The Hall–Kier alpha value is -2.41. The minimum atomic E-state index is 0.0255. The maximum Gasteiger partial charge on any atom is 0.261 e. The van der Waals surface area contributed by atoms with Crippen LogP contribution >= 0.6 is 0 Å². The first-order chi connectivity index (χ1) is 13.9. The molecule has 3 heterocycles. The molecule has 0 spiro atoms. The molecule has 2 aliphatic heterocycles. The Kier molecular flexibility index (Phi) is 5.58. The highest BCUT2D eigenvalue weighted by molar-refractivity contribution is 5.81. The molecule has 1 aromatic carbocycles. The van der Waals surface area contributed by atoms with Crippen LogP contribution in [0.4, 0.5) is 5.69 Å². The topological polar surface area (TPSA) is 61.7 Å². The summed E-state index contributed by atoms with van der Waals surface area (Å²) in [5.74, 6) is 0.792. The Morgan fingerprint density at radius 1 is 1.17 bits per heavy atom. The van der Waals surface area contributed by atoms with Crippen LogP contribution in [0.15, 0.2) is 29.3 Å². The molecule has 2 aliphatic rings. The van der Waals surface area contributed by atoms with Crippen LogP contribution in [-0.2, 0) is 4.79 Å². The van der Waals surface area contributed by atoms with Crippen molar-refractivity contribution < 1.29 is 4.79 Å². The van der Waals surface area contributed by atoms with E-state index in [2.05, 4.69) is 14.8 Å². The number of amides is 1. The molecule has 0 N–H and O–H groups in total. The molecule has 2 aromatic rings. The fourth-order valence-corrected chi connectivity index (χ4v) is 4.51. The summed E-state index contributed by atoms with van der Waals surface area (Å²) in [4.78, 5) is 35.5. The molecule has 2 fully saturated rings. The Morgan fingerprint density at radius 3 is 2.59 bits per heavy atom. The Bertz CT molecular complexity index is 946. The van der Waals surface area contributed by atoms with E-state index in [1.165, 1.54) is 0 Å². The number of nitrogens with zero attached hydrogens (tertiary/aromatic N) is 5. The molecule has 0 saturated carbocycles. The quantitative estimate of drug-likeness (QED) is 0.789. The summed E-state index contributed by atoms with van der Waals surface area (Å²) in [5.41, 5.74) is 1.93. The number of anilines is 1. The van der Waals surface area contributed by atoms with Crippen LogP contribution in [0.3, 0.4) is 0 Å². The monoisotopic (exact) mass is 397 g/mol. The first-order valence-corrected chi connectivity index (χ1v) is 10.7. The highest BCUT2D eigenvalue weighted by Crippen LogP contribution is 2.22. The third-order valence-corrected chi connectivity index (χ3v) is 6.31. The summed E-state index contributed by atoms with van der Waals surface area (Å²) in [6.07, 6.45) is 2.77. The van der Waals surface area contributed by atoms with E-state index in [4.69, 9.17) is 0 Å². The molecule has 1 aromatic heterocycles. The molecule has 1 amide bonds. The first-order valence-electron chi connectivity index (χ1n) is 10.7. The highest BCUT2D eigenvalue weighted by Gasteiger charge is 2.27. The number of piperazine rings is 1. The lowest BCUT2D eigenvalue weighted by atomic mass is 10.1.